The van der Waals surface area contributed by atoms with Gasteiger partial charge in [-0.3, -0.25) is 0 Å². The van der Waals surface area contributed by atoms with Gasteiger partial charge < -0.3 is 25.6 Å². The van der Waals surface area contributed by atoms with Crippen molar-refractivity contribution in [1.82, 2.24) is 5.32 Å². The first-order chi connectivity index (χ1) is 14.3. The first kappa shape index (κ1) is 26.2. The number of nitrogens with one attached hydrogen (secondary N) is 1. The molecule has 0 amide bonds. The van der Waals surface area contributed by atoms with E-state index in [2.05, 4.69) is 5.32 Å². The Morgan fingerprint density at radius 2 is 2.00 bits per heavy atom. The molecule has 0 saturated heterocycles. The first-order valence-electron chi connectivity index (χ1n) is 9.55. The summed E-state index contributed by atoms with van der Waals surface area (Å²) in [7, 11) is 1.60. The molecule has 0 aliphatic carbocycles. The van der Waals surface area contributed by atoms with Gasteiger partial charge in [0.25, 0.3) is 0 Å². The van der Waals surface area contributed by atoms with Crippen molar-refractivity contribution in [3.63, 3.8) is 0 Å². The number of anilines is 1. The van der Waals surface area contributed by atoms with E-state index >= 15 is 0 Å². The quantitative estimate of drug-likeness (QED) is 0.396. The minimum absolute atomic E-state index is 0. The summed E-state index contributed by atoms with van der Waals surface area (Å²) in [4.78, 5) is 12.0. The maximum absolute atomic E-state index is 14.5. The van der Waals surface area contributed by atoms with Crippen LogP contribution in [0.3, 0.4) is 0 Å². The van der Waals surface area contributed by atoms with Gasteiger partial charge in [-0.15, -0.1) is 12.4 Å². The van der Waals surface area contributed by atoms with Gasteiger partial charge in [0.05, 0.1) is 31.1 Å². The number of nitriles is 1. The van der Waals surface area contributed by atoms with Crippen molar-refractivity contribution in [2.45, 2.75) is 32.4 Å². The van der Waals surface area contributed by atoms with E-state index < -0.39 is 23.5 Å². The Labute approximate surface area is 187 Å². The number of nitrogens with zero attached hydrogens (tertiary/aromatic N) is 1. The van der Waals surface area contributed by atoms with Gasteiger partial charge >= 0.3 is 5.97 Å². The number of nitrogen functional groups attached to an aromatic ring is 1. The zero-order valence-electron chi connectivity index (χ0n) is 17.6. The van der Waals surface area contributed by atoms with Crippen molar-refractivity contribution >= 4 is 24.1 Å². The van der Waals surface area contributed by atoms with Gasteiger partial charge in [-0.05, 0) is 44.0 Å². The number of hydrogen-bond acceptors (Lipinski definition) is 7. The van der Waals surface area contributed by atoms with Crippen LogP contribution >= 0.6 is 12.4 Å². The van der Waals surface area contributed by atoms with Gasteiger partial charge in [-0.1, -0.05) is 12.1 Å². The molecule has 0 radical (unpaired) electrons. The van der Waals surface area contributed by atoms with Crippen LogP contribution in [0.25, 0.3) is 0 Å². The lowest BCUT2D eigenvalue weighted by Crippen LogP contribution is -2.32. The van der Waals surface area contributed by atoms with E-state index in [1.165, 1.54) is 0 Å². The highest BCUT2D eigenvalue weighted by Gasteiger charge is 2.25. The normalized spacial score (nSPS) is 12.3. The number of halogens is 2. The number of aliphatic hydroxyl groups is 1. The van der Waals surface area contributed by atoms with Crippen molar-refractivity contribution < 1.29 is 23.8 Å². The van der Waals surface area contributed by atoms with Gasteiger partial charge in [0.15, 0.2) is 0 Å². The molecule has 7 nitrogen and oxygen atoms in total. The Bertz CT molecular complexity index is 932. The Morgan fingerprint density at radius 3 is 2.55 bits per heavy atom. The van der Waals surface area contributed by atoms with Crippen LogP contribution in [0.15, 0.2) is 30.3 Å². The molecule has 2 aromatic carbocycles. The number of methoxy groups -OCH3 is 1. The summed E-state index contributed by atoms with van der Waals surface area (Å²) in [6, 6.07) is 10.4. The van der Waals surface area contributed by atoms with E-state index in [4.69, 9.17) is 15.2 Å². The second-order valence-corrected chi connectivity index (χ2v) is 6.82. The lowest BCUT2D eigenvalue weighted by Gasteiger charge is -2.20. The third kappa shape index (κ3) is 6.56. The summed E-state index contributed by atoms with van der Waals surface area (Å²) in [5.41, 5.74) is 6.09. The molecule has 2 aromatic rings. The number of hydrogen-bond donors (Lipinski definition) is 3. The molecule has 0 spiro atoms. The summed E-state index contributed by atoms with van der Waals surface area (Å²) >= 11 is 0. The Morgan fingerprint density at radius 1 is 1.35 bits per heavy atom. The molecular weight excluding hydrogens is 425 g/mol. The molecule has 0 saturated carbocycles. The van der Waals surface area contributed by atoms with Crippen LogP contribution in [0.1, 0.15) is 47.0 Å². The zero-order chi connectivity index (χ0) is 22.3. The molecule has 9 heteroatoms. The summed E-state index contributed by atoms with van der Waals surface area (Å²) in [6.45, 7) is 3.64. The van der Waals surface area contributed by atoms with Crippen molar-refractivity contribution in [2.24, 2.45) is 0 Å². The lowest BCUT2D eigenvalue weighted by molar-refractivity contribution is 0.0520. The molecule has 0 aliphatic heterocycles. The molecule has 4 N–H and O–H groups in total. The highest BCUT2D eigenvalue weighted by molar-refractivity contribution is 5.95. The second-order valence-electron chi connectivity index (χ2n) is 6.82. The maximum atomic E-state index is 14.5. The van der Waals surface area contributed by atoms with E-state index in [0.717, 1.165) is 17.4 Å². The van der Waals surface area contributed by atoms with E-state index in [1.807, 2.05) is 31.2 Å². The topological polar surface area (TPSA) is 118 Å². The van der Waals surface area contributed by atoms with Crippen molar-refractivity contribution in [3.8, 4) is 11.8 Å². The fraction of sp³-hybridized carbons (Fsp3) is 0.364. The second kappa shape index (κ2) is 12.1. The molecular formula is C22H27ClFN3O4. The molecule has 2 atom stereocenters. The number of nitrogens with two attached hydrogens (primary N) is 1. The fourth-order valence-electron chi connectivity index (χ4n) is 3.09. The van der Waals surface area contributed by atoms with E-state index in [-0.39, 0.29) is 48.4 Å². The molecule has 31 heavy (non-hydrogen) atoms. The molecule has 0 bridgehead atoms. The average Bonchev–Trinajstić information content (AvgIpc) is 2.73. The van der Waals surface area contributed by atoms with Crippen molar-refractivity contribution in [2.75, 3.05) is 26.0 Å². The van der Waals surface area contributed by atoms with Crippen LogP contribution in [0.5, 0.6) is 5.75 Å². The molecule has 2 rings (SSSR count). The Balaban J connectivity index is 0.00000480. The van der Waals surface area contributed by atoms with E-state index in [0.29, 0.717) is 6.42 Å². The number of carbonyl (C=O) groups excluding carboxylic acids is 1. The highest BCUT2D eigenvalue weighted by atomic mass is 35.5. The largest absolute Gasteiger partial charge is 0.497 e. The summed E-state index contributed by atoms with van der Waals surface area (Å²) in [5, 5.41) is 23.0. The van der Waals surface area contributed by atoms with Crippen LogP contribution < -0.4 is 15.8 Å². The third-order valence-corrected chi connectivity index (χ3v) is 4.66. The minimum Gasteiger partial charge on any atom is -0.497 e. The number of aliphatic hydroxyl groups excluding tert-OH is 1. The standard InChI is InChI=1S/C22H26FN3O4.ClH/c1-4-30-22(28)20-17(11-24)21(25)16(10-18(20)23)19(27)12-26-13(2)9-14-5-7-15(29-3)8-6-14;/h5-8,10,13,19,26-27H,4,9,12,25H2,1-3H3;1H. The van der Waals surface area contributed by atoms with Crippen LogP contribution in [0.2, 0.25) is 0 Å². The Kier molecular flexibility index (Phi) is 10.2. The molecule has 0 aliphatic rings. The monoisotopic (exact) mass is 451 g/mol. The van der Waals surface area contributed by atoms with Crippen molar-refractivity contribution in [1.29, 1.82) is 5.26 Å². The maximum Gasteiger partial charge on any atom is 0.342 e. The number of ether oxygens (including phenoxy) is 2. The van der Waals surface area contributed by atoms with Gasteiger partial charge in [0.1, 0.15) is 23.2 Å². The van der Waals surface area contributed by atoms with Crippen LogP contribution in [0, 0.1) is 17.1 Å². The van der Waals surface area contributed by atoms with E-state index in [1.54, 1.807) is 20.1 Å². The van der Waals surface area contributed by atoms with Gasteiger partial charge in [-0.25, -0.2) is 9.18 Å². The van der Waals surface area contributed by atoms with Gasteiger partial charge in [0.2, 0.25) is 0 Å². The van der Waals surface area contributed by atoms with E-state index in [9.17, 15) is 19.6 Å². The van der Waals surface area contributed by atoms with Gasteiger partial charge in [-0.2, -0.15) is 5.26 Å². The van der Waals surface area contributed by atoms with Crippen LogP contribution in [-0.4, -0.2) is 37.4 Å². The molecule has 168 valence electrons. The predicted molar refractivity (Wildman–Crippen MR) is 118 cm³/mol. The summed E-state index contributed by atoms with van der Waals surface area (Å²) in [6.07, 6.45) is -0.465. The smallest absolute Gasteiger partial charge is 0.342 e. The predicted octanol–water partition coefficient (Wildman–Crippen LogP) is 3.14. The lowest BCUT2D eigenvalue weighted by atomic mass is 9.97. The Hall–Kier alpha value is -2.86. The first-order valence-corrected chi connectivity index (χ1v) is 9.55. The number of carbonyl (C=O) groups is 1. The zero-order valence-corrected chi connectivity index (χ0v) is 18.5. The average molecular weight is 452 g/mol. The number of rotatable bonds is 9. The third-order valence-electron chi connectivity index (χ3n) is 4.66. The molecule has 0 aromatic heterocycles. The number of benzene rings is 2. The molecule has 2 unspecified atom stereocenters. The molecule has 0 fully saturated rings. The van der Waals surface area contributed by atoms with Gasteiger partial charge in [0, 0.05) is 18.2 Å². The number of esters is 1. The van der Waals surface area contributed by atoms with Crippen LogP contribution in [0.4, 0.5) is 10.1 Å². The minimum atomic E-state index is -1.17. The van der Waals surface area contributed by atoms with Crippen molar-refractivity contribution in [3.05, 3.63) is 58.4 Å². The fourth-order valence-corrected chi connectivity index (χ4v) is 3.09. The van der Waals surface area contributed by atoms with Crippen LogP contribution in [-0.2, 0) is 11.2 Å². The summed E-state index contributed by atoms with van der Waals surface area (Å²) in [5.74, 6) is -1.16. The summed E-state index contributed by atoms with van der Waals surface area (Å²) < 4.78 is 24.4. The highest BCUT2D eigenvalue weighted by Crippen LogP contribution is 2.29. The molecule has 0 heterocycles. The SMILES string of the molecule is CCOC(=O)c1c(F)cc(C(O)CNC(C)Cc2ccc(OC)cc2)c(N)c1C#N.Cl.